The van der Waals surface area contributed by atoms with Crippen molar-refractivity contribution >= 4 is 21.9 Å². The Morgan fingerprint density at radius 2 is 2.32 bits per heavy atom. The Morgan fingerprint density at radius 3 is 3.05 bits per heavy atom. The first-order valence-corrected chi connectivity index (χ1v) is 8.56. The second kappa shape index (κ2) is 9.10. The normalized spacial score (nSPS) is 18.5. The molecule has 0 aliphatic carbocycles. The highest BCUT2D eigenvalue weighted by molar-refractivity contribution is 9.10. The van der Waals surface area contributed by atoms with Gasteiger partial charge in [0.05, 0.1) is 12.6 Å². The number of ether oxygens (including phenoxy) is 1. The Balaban J connectivity index is 1.82. The molecule has 0 amide bonds. The van der Waals surface area contributed by atoms with E-state index >= 15 is 0 Å². The van der Waals surface area contributed by atoms with Gasteiger partial charge in [0.25, 0.3) is 0 Å². The van der Waals surface area contributed by atoms with E-state index in [1.54, 1.807) is 6.07 Å². The van der Waals surface area contributed by atoms with Gasteiger partial charge in [-0.15, -0.1) is 0 Å². The first-order chi connectivity index (χ1) is 10.7. The minimum atomic E-state index is -0.175. The van der Waals surface area contributed by atoms with Gasteiger partial charge in [-0.25, -0.2) is 4.39 Å². The quantitative estimate of drug-likeness (QED) is 0.596. The van der Waals surface area contributed by atoms with Crippen molar-refractivity contribution in [3.05, 3.63) is 34.1 Å². The topological polar surface area (TPSA) is 45.7 Å². The van der Waals surface area contributed by atoms with Crippen molar-refractivity contribution in [2.24, 2.45) is 4.99 Å². The van der Waals surface area contributed by atoms with Crippen LogP contribution in [0.15, 0.2) is 27.7 Å². The molecule has 1 saturated heterocycles. The lowest BCUT2D eigenvalue weighted by Crippen LogP contribution is -2.39. The standard InChI is InChI=1S/C16H23BrFN3O/c1-2-19-16(21-11-14-4-3-9-22-14)20-8-7-12-10-13(17)5-6-15(12)18/h5-6,10,14H,2-4,7-9,11H2,1H3,(H2,19,20,21). The van der Waals surface area contributed by atoms with E-state index in [4.69, 9.17) is 4.74 Å². The van der Waals surface area contributed by atoms with Crippen LogP contribution in [-0.4, -0.2) is 38.3 Å². The van der Waals surface area contributed by atoms with E-state index in [-0.39, 0.29) is 11.9 Å². The number of benzene rings is 1. The molecule has 0 aromatic heterocycles. The molecule has 22 heavy (non-hydrogen) atoms. The van der Waals surface area contributed by atoms with Crippen LogP contribution in [-0.2, 0) is 11.2 Å². The molecule has 0 radical (unpaired) electrons. The number of halogens is 2. The fourth-order valence-electron chi connectivity index (χ4n) is 2.37. The highest BCUT2D eigenvalue weighted by atomic mass is 79.9. The van der Waals surface area contributed by atoms with Crippen LogP contribution in [0.5, 0.6) is 0 Å². The van der Waals surface area contributed by atoms with Gasteiger partial charge in [0.1, 0.15) is 5.82 Å². The van der Waals surface area contributed by atoms with Crippen LogP contribution < -0.4 is 10.6 Å². The zero-order chi connectivity index (χ0) is 15.8. The molecule has 0 spiro atoms. The third-order valence-corrected chi connectivity index (χ3v) is 4.01. The molecule has 0 saturated carbocycles. The zero-order valence-electron chi connectivity index (χ0n) is 12.9. The fraction of sp³-hybridized carbons (Fsp3) is 0.562. The molecule has 1 fully saturated rings. The minimum absolute atomic E-state index is 0.175. The number of rotatable bonds is 6. The third kappa shape index (κ3) is 5.57. The summed E-state index contributed by atoms with van der Waals surface area (Å²) in [6, 6.07) is 5.00. The number of nitrogens with zero attached hydrogens (tertiary/aromatic N) is 1. The van der Waals surface area contributed by atoms with Gasteiger partial charge in [-0.1, -0.05) is 15.9 Å². The van der Waals surface area contributed by atoms with Crippen molar-refractivity contribution in [3.8, 4) is 0 Å². The van der Waals surface area contributed by atoms with E-state index in [1.807, 2.05) is 13.0 Å². The minimum Gasteiger partial charge on any atom is -0.376 e. The highest BCUT2D eigenvalue weighted by Crippen LogP contribution is 2.15. The summed E-state index contributed by atoms with van der Waals surface area (Å²) in [5, 5.41) is 6.44. The second-order valence-corrected chi connectivity index (χ2v) is 6.18. The maximum Gasteiger partial charge on any atom is 0.191 e. The monoisotopic (exact) mass is 371 g/mol. The predicted molar refractivity (Wildman–Crippen MR) is 90.8 cm³/mol. The highest BCUT2D eigenvalue weighted by Gasteiger charge is 2.14. The summed E-state index contributed by atoms with van der Waals surface area (Å²) in [6.45, 7) is 4.96. The van der Waals surface area contributed by atoms with Gasteiger partial charge in [0.15, 0.2) is 5.96 Å². The van der Waals surface area contributed by atoms with Crippen LogP contribution >= 0.6 is 15.9 Å². The van der Waals surface area contributed by atoms with Crippen LogP contribution in [0.25, 0.3) is 0 Å². The number of nitrogens with one attached hydrogen (secondary N) is 2. The molecule has 122 valence electrons. The average Bonchev–Trinajstić information content (AvgIpc) is 3.01. The number of hydrogen-bond acceptors (Lipinski definition) is 2. The summed E-state index contributed by atoms with van der Waals surface area (Å²) < 4.78 is 20.1. The molecule has 1 aromatic carbocycles. The lowest BCUT2D eigenvalue weighted by molar-refractivity contribution is 0.117. The van der Waals surface area contributed by atoms with Crippen LogP contribution in [0.3, 0.4) is 0 Å². The molecule has 0 bridgehead atoms. The Kier molecular flexibility index (Phi) is 7.12. The molecular formula is C16H23BrFN3O. The molecule has 1 aromatic rings. The van der Waals surface area contributed by atoms with Crippen LogP contribution in [0, 0.1) is 5.82 Å². The number of guanidine groups is 1. The largest absolute Gasteiger partial charge is 0.376 e. The zero-order valence-corrected chi connectivity index (χ0v) is 14.5. The van der Waals surface area contributed by atoms with E-state index in [2.05, 4.69) is 31.6 Å². The van der Waals surface area contributed by atoms with Gasteiger partial charge < -0.3 is 15.4 Å². The smallest absolute Gasteiger partial charge is 0.191 e. The molecule has 1 heterocycles. The molecule has 6 heteroatoms. The lowest BCUT2D eigenvalue weighted by atomic mass is 10.1. The maximum atomic E-state index is 13.7. The van der Waals surface area contributed by atoms with Crippen LogP contribution in [0.2, 0.25) is 0 Å². The van der Waals surface area contributed by atoms with Crippen LogP contribution in [0.4, 0.5) is 4.39 Å². The van der Waals surface area contributed by atoms with Gasteiger partial charge in [0, 0.05) is 24.2 Å². The van der Waals surface area contributed by atoms with Crippen LogP contribution in [0.1, 0.15) is 25.3 Å². The lowest BCUT2D eigenvalue weighted by Gasteiger charge is -2.13. The Bertz CT molecular complexity index is 504. The Labute approximate surface area is 139 Å². The van der Waals surface area contributed by atoms with Gasteiger partial charge in [0.2, 0.25) is 0 Å². The van der Waals surface area contributed by atoms with E-state index < -0.39 is 0 Å². The number of aliphatic imine (C=N–C) groups is 1. The van der Waals surface area contributed by atoms with E-state index in [9.17, 15) is 4.39 Å². The summed E-state index contributed by atoms with van der Waals surface area (Å²) in [7, 11) is 0. The second-order valence-electron chi connectivity index (χ2n) is 5.27. The van der Waals surface area contributed by atoms with E-state index in [0.717, 1.165) is 36.4 Å². The number of hydrogen-bond donors (Lipinski definition) is 2. The summed E-state index contributed by atoms with van der Waals surface area (Å²) in [4.78, 5) is 4.53. The van der Waals surface area contributed by atoms with Gasteiger partial charge >= 0.3 is 0 Å². The predicted octanol–water partition coefficient (Wildman–Crippen LogP) is 2.86. The van der Waals surface area contributed by atoms with E-state index in [1.165, 1.54) is 6.07 Å². The Morgan fingerprint density at radius 1 is 1.45 bits per heavy atom. The molecule has 1 atom stereocenters. The van der Waals surface area contributed by atoms with Gasteiger partial charge in [-0.05, 0) is 49.9 Å². The molecule has 4 nitrogen and oxygen atoms in total. The SMILES string of the molecule is CCNC(=NCC1CCCO1)NCCc1cc(Br)ccc1F. The third-order valence-electron chi connectivity index (χ3n) is 3.52. The fourth-order valence-corrected chi connectivity index (χ4v) is 2.78. The summed E-state index contributed by atoms with van der Waals surface area (Å²) in [5.41, 5.74) is 0.692. The van der Waals surface area contributed by atoms with Crippen molar-refractivity contribution in [2.75, 3.05) is 26.2 Å². The van der Waals surface area contributed by atoms with Crippen molar-refractivity contribution in [3.63, 3.8) is 0 Å². The van der Waals surface area contributed by atoms with Gasteiger partial charge in [-0.2, -0.15) is 0 Å². The molecule has 1 unspecified atom stereocenters. The molecule has 1 aliphatic heterocycles. The van der Waals surface area contributed by atoms with Crippen molar-refractivity contribution in [1.82, 2.24) is 10.6 Å². The van der Waals surface area contributed by atoms with Crippen molar-refractivity contribution in [2.45, 2.75) is 32.3 Å². The van der Waals surface area contributed by atoms with E-state index in [0.29, 0.717) is 25.1 Å². The van der Waals surface area contributed by atoms with Gasteiger partial charge in [-0.3, -0.25) is 4.99 Å². The molecular weight excluding hydrogens is 349 g/mol. The first kappa shape index (κ1) is 17.2. The first-order valence-electron chi connectivity index (χ1n) is 7.76. The average molecular weight is 372 g/mol. The molecule has 2 rings (SSSR count). The summed E-state index contributed by atoms with van der Waals surface area (Å²) in [5.74, 6) is 0.583. The summed E-state index contributed by atoms with van der Waals surface area (Å²) >= 11 is 3.37. The maximum absolute atomic E-state index is 13.7. The Hall–Kier alpha value is -1.14. The molecule has 1 aliphatic rings. The van der Waals surface area contributed by atoms with Crippen molar-refractivity contribution in [1.29, 1.82) is 0 Å². The van der Waals surface area contributed by atoms with Crippen molar-refractivity contribution < 1.29 is 9.13 Å². The summed E-state index contributed by atoms with van der Waals surface area (Å²) in [6.07, 6.45) is 3.03. The molecule has 2 N–H and O–H groups in total.